The molecule has 0 atom stereocenters. The van der Waals surface area contributed by atoms with Crippen LogP contribution in [0.3, 0.4) is 0 Å². The number of aromatic nitrogens is 4. The number of ether oxygens (including phenoxy) is 1. The summed E-state index contributed by atoms with van der Waals surface area (Å²) in [7, 11) is 0. The van der Waals surface area contributed by atoms with Crippen molar-refractivity contribution in [1.29, 1.82) is 0 Å². The summed E-state index contributed by atoms with van der Waals surface area (Å²) in [6.07, 6.45) is 6.04. The van der Waals surface area contributed by atoms with Crippen molar-refractivity contribution >= 4 is 29.1 Å². The Hall–Kier alpha value is -2.46. The number of halogens is 2. The Kier molecular flexibility index (Phi) is 7.21. The molecule has 0 radical (unpaired) electrons. The maximum absolute atomic E-state index is 14.1. The lowest BCUT2D eigenvalue weighted by Crippen LogP contribution is -2.37. The third-order valence-electron chi connectivity index (χ3n) is 4.76. The van der Waals surface area contributed by atoms with E-state index in [0.717, 1.165) is 31.9 Å². The van der Waals surface area contributed by atoms with Gasteiger partial charge in [0.25, 0.3) is 5.88 Å². The minimum Gasteiger partial charge on any atom is -0.475 e. The Bertz CT molecular complexity index is 841. The first-order valence-corrected chi connectivity index (χ1v) is 9.85. The summed E-state index contributed by atoms with van der Waals surface area (Å²) in [5.41, 5.74) is 0.439. The normalized spacial score (nSPS) is 19.0. The molecule has 0 unspecified atom stereocenters. The molecule has 9 nitrogen and oxygen atoms in total. The summed E-state index contributed by atoms with van der Waals surface area (Å²) in [6.45, 7) is 2.01. The molecule has 2 heterocycles. The van der Waals surface area contributed by atoms with Crippen LogP contribution in [-0.2, 0) is 11.3 Å². The second-order valence-corrected chi connectivity index (χ2v) is 7.35. The van der Waals surface area contributed by atoms with Gasteiger partial charge in [-0.05, 0) is 31.6 Å². The highest BCUT2D eigenvalue weighted by Gasteiger charge is 2.23. The van der Waals surface area contributed by atoms with E-state index in [-0.39, 0.29) is 48.0 Å². The summed E-state index contributed by atoms with van der Waals surface area (Å²) in [5.74, 6) is -0.400. The first kappa shape index (κ1) is 21.3. The number of hydrogen-bond donors (Lipinski definition) is 3. The van der Waals surface area contributed by atoms with Crippen molar-refractivity contribution in [2.45, 2.75) is 45.2 Å². The number of carbonyl (C=O) groups is 1. The molecule has 1 amide bonds. The van der Waals surface area contributed by atoms with E-state index in [1.165, 1.54) is 17.8 Å². The highest BCUT2D eigenvalue weighted by Crippen LogP contribution is 2.27. The van der Waals surface area contributed by atoms with Gasteiger partial charge in [-0.1, -0.05) is 11.6 Å². The molecule has 158 valence electrons. The highest BCUT2D eigenvalue weighted by molar-refractivity contribution is 6.32. The average molecular weight is 427 g/mol. The Balaban J connectivity index is 1.56. The molecule has 1 fully saturated rings. The van der Waals surface area contributed by atoms with E-state index in [0.29, 0.717) is 12.3 Å². The smallest absolute Gasteiger partial charge is 0.255 e. The predicted octanol–water partition coefficient (Wildman–Crippen LogP) is 2.28. The quantitative estimate of drug-likeness (QED) is 0.593. The number of nitrogens with one attached hydrogen (secondary N) is 2. The third kappa shape index (κ3) is 5.77. The number of rotatable bonds is 8. The van der Waals surface area contributed by atoms with E-state index in [2.05, 4.69) is 25.7 Å². The lowest BCUT2D eigenvalue weighted by molar-refractivity contribution is -0.119. The van der Waals surface area contributed by atoms with Crippen LogP contribution in [0.5, 0.6) is 5.88 Å². The number of aliphatic hydroxyl groups excluding tert-OH is 1. The van der Waals surface area contributed by atoms with Gasteiger partial charge in [0.15, 0.2) is 5.15 Å². The summed E-state index contributed by atoms with van der Waals surface area (Å²) in [5, 5.41) is 19.1. The van der Waals surface area contributed by atoms with Crippen LogP contribution in [0.25, 0.3) is 0 Å². The van der Waals surface area contributed by atoms with Gasteiger partial charge < -0.3 is 20.5 Å². The summed E-state index contributed by atoms with van der Waals surface area (Å²) in [6, 6.07) is 0.201. The second-order valence-electron chi connectivity index (χ2n) is 7.00. The van der Waals surface area contributed by atoms with Crippen molar-refractivity contribution in [2.24, 2.45) is 5.92 Å². The maximum Gasteiger partial charge on any atom is 0.255 e. The molecule has 0 aliphatic heterocycles. The van der Waals surface area contributed by atoms with Crippen LogP contribution in [0.1, 0.15) is 32.6 Å². The van der Waals surface area contributed by atoms with Crippen molar-refractivity contribution in [3.8, 4) is 5.88 Å². The Morgan fingerprint density at radius 2 is 2.14 bits per heavy atom. The van der Waals surface area contributed by atoms with E-state index >= 15 is 0 Å². The number of nitrogens with zero attached hydrogens (tertiary/aromatic N) is 4. The number of aliphatic hydroxyl groups is 1. The zero-order valence-corrected chi connectivity index (χ0v) is 16.8. The molecular weight excluding hydrogens is 403 g/mol. The van der Waals surface area contributed by atoms with Crippen molar-refractivity contribution in [3.63, 3.8) is 0 Å². The fourth-order valence-electron chi connectivity index (χ4n) is 3.30. The van der Waals surface area contributed by atoms with Crippen LogP contribution in [0.15, 0.2) is 12.4 Å². The summed E-state index contributed by atoms with van der Waals surface area (Å²) < 4.78 is 21.1. The molecule has 0 aromatic carbocycles. The minimum absolute atomic E-state index is 0.0187. The fourth-order valence-corrected chi connectivity index (χ4v) is 3.52. The standard InChI is InChI=1S/C18H24ClFN6O3/c1-11(28)23-13-4-2-12(3-5-13)10-29-17-14(20)8-21-18(25-17)24-15-9-22-26(6-7-27)16(15)19/h8-9,12-13,27H,2-7,10H2,1H3,(H,23,28)(H,21,24,25)/t12-,13-. The lowest BCUT2D eigenvalue weighted by Gasteiger charge is -2.28. The van der Waals surface area contributed by atoms with Gasteiger partial charge in [-0.15, -0.1) is 0 Å². The van der Waals surface area contributed by atoms with Gasteiger partial charge in [0.05, 0.1) is 37.8 Å². The molecule has 1 aliphatic rings. The van der Waals surface area contributed by atoms with Crippen LogP contribution < -0.4 is 15.4 Å². The molecule has 3 rings (SSSR count). The molecule has 1 saturated carbocycles. The number of anilines is 2. The lowest BCUT2D eigenvalue weighted by atomic mass is 9.86. The molecule has 0 saturated heterocycles. The van der Waals surface area contributed by atoms with E-state index in [1.54, 1.807) is 0 Å². The minimum atomic E-state index is -0.649. The molecule has 1 aliphatic carbocycles. The van der Waals surface area contributed by atoms with Crippen LogP contribution in [0.2, 0.25) is 5.15 Å². The van der Waals surface area contributed by atoms with Gasteiger partial charge in [-0.3, -0.25) is 4.79 Å². The van der Waals surface area contributed by atoms with Crippen molar-refractivity contribution < 1.29 is 19.0 Å². The number of carbonyl (C=O) groups excluding carboxylic acids is 1. The molecule has 11 heteroatoms. The highest BCUT2D eigenvalue weighted by atomic mass is 35.5. The predicted molar refractivity (Wildman–Crippen MR) is 105 cm³/mol. The van der Waals surface area contributed by atoms with Crippen LogP contribution >= 0.6 is 11.6 Å². The van der Waals surface area contributed by atoms with Gasteiger partial charge >= 0.3 is 0 Å². The average Bonchev–Trinajstić information content (AvgIpc) is 3.03. The second kappa shape index (κ2) is 9.84. The molecule has 2 aromatic rings. The van der Waals surface area contributed by atoms with Gasteiger partial charge in [0.2, 0.25) is 17.7 Å². The van der Waals surface area contributed by atoms with E-state index < -0.39 is 5.82 Å². The van der Waals surface area contributed by atoms with E-state index in [9.17, 15) is 9.18 Å². The molecular formula is C18H24ClFN6O3. The van der Waals surface area contributed by atoms with Gasteiger partial charge in [0.1, 0.15) is 0 Å². The summed E-state index contributed by atoms with van der Waals surface area (Å²) in [4.78, 5) is 19.1. The topological polar surface area (TPSA) is 114 Å². The van der Waals surface area contributed by atoms with Gasteiger partial charge in [0, 0.05) is 13.0 Å². The van der Waals surface area contributed by atoms with Crippen LogP contribution in [-0.4, -0.2) is 50.0 Å². The third-order valence-corrected chi connectivity index (χ3v) is 5.15. The monoisotopic (exact) mass is 426 g/mol. The zero-order chi connectivity index (χ0) is 20.8. The maximum atomic E-state index is 14.1. The molecule has 29 heavy (non-hydrogen) atoms. The van der Waals surface area contributed by atoms with Crippen LogP contribution in [0.4, 0.5) is 16.0 Å². The molecule has 0 spiro atoms. The Morgan fingerprint density at radius 1 is 1.38 bits per heavy atom. The van der Waals surface area contributed by atoms with Crippen molar-refractivity contribution in [3.05, 3.63) is 23.4 Å². The van der Waals surface area contributed by atoms with Gasteiger partial charge in [-0.25, -0.2) is 9.67 Å². The molecule has 0 bridgehead atoms. The van der Waals surface area contributed by atoms with Gasteiger partial charge in [-0.2, -0.15) is 14.5 Å². The van der Waals surface area contributed by atoms with Crippen molar-refractivity contribution in [1.82, 2.24) is 25.1 Å². The fraction of sp³-hybridized carbons (Fsp3) is 0.556. The Morgan fingerprint density at radius 3 is 2.83 bits per heavy atom. The van der Waals surface area contributed by atoms with E-state index in [4.69, 9.17) is 21.4 Å². The SMILES string of the molecule is CC(=O)N[C@H]1CC[C@H](COc2nc(Nc3cnn(CCO)c3Cl)ncc2F)CC1. The van der Waals surface area contributed by atoms with Crippen LogP contribution in [0, 0.1) is 11.7 Å². The largest absolute Gasteiger partial charge is 0.475 e. The number of amides is 1. The first-order valence-electron chi connectivity index (χ1n) is 9.48. The Labute approximate surface area is 172 Å². The first-order chi connectivity index (χ1) is 14.0. The summed E-state index contributed by atoms with van der Waals surface area (Å²) >= 11 is 6.17. The zero-order valence-electron chi connectivity index (χ0n) is 16.1. The number of hydrogen-bond acceptors (Lipinski definition) is 7. The molecule has 2 aromatic heterocycles. The molecule has 3 N–H and O–H groups in total. The van der Waals surface area contributed by atoms with Crippen molar-refractivity contribution in [2.75, 3.05) is 18.5 Å². The van der Waals surface area contributed by atoms with E-state index in [1.807, 2.05) is 0 Å².